The summed E-state index contributed by atoms with van der Waals surface area (Å²) in [5.74, 6) is 1.17. The summed E-state index contributed by atoms with van der Waals surface area (Å²) in [5.41, 5.74) is 0.948. The third kappa shape index (κ3) is 2.31. The normalized spacial score (nSPS) is 10.2. The zero-order chi connectivity index (χ0) is 10.7. The van der Waals surface area contributed by atoms with Crippen LogP contribution in [-0.2, 0) is 6.42 Å². The average Bonchev–Trinajstić information content (AvgIpc) is 2.66. The van der Waals surface area contributed by atoms with E-state index in [9.17, 15) is 4.79 Å². The second kappa shape index (κ2) is 4.09. The van der Waals surface area contributed by atoms with Crippen molar-refractivity contribution in [2.24, 2.45) is 0 Å². The highest BCUT2D eigenvalue weighted by Gasteiger charge is 2.10. The third-order valence-corrected chi connectivity index (χ3v) is 2.13. The van der Waals surface area contributed by atoms with Crippen LogP contribution in [0.2, 0.25) is 0 Å². The summed E-state index contributed by atoms with van der Waals surface area (Å²) in [7, 11) is 0. The van der Waals surface area contributed by atoms with Gasteiger partial charge in [-0.3, -0.25) is 9.78 Å². The van der Waals surface area contributed by atoms with Gasteiger partial charge in [0.25, 0.3) is 0 Å². The summed E-state index contributed by atoms with van der Waals surface area (Å²) < 4.78 is 5.25. The molecule has 0 saturated heterocycles. The van der Waals surface area contributed by atoms with Crippen molar-refractivity contribution in [1.29, 1.82) is 0 Å². The molecule has 3 nitrogen and oxygen atoms in total. The van der Waals surface area contributed by atoms with Crippen molar-refractivity contribution in [3.05, 3.63) is 53.7 Å². The highest BCUT2D eigenvalue weighted by molar-refractivity contribution is 5.94. The summed E-state index contributed by atoms with van der Waals surface area (Å²) in [6.07, 6.45) is 3.71. The number of nitrogens with zero attached hydrogens (tertiary/aromatic N) is 1. The Hall–Kier alpha value is -1.90. The number of carbonyl (C=O) groups excluding carboxylic acids is 1. The molecule has 0 fully saturated rings. The fourth-order valence-corrected chi connectivity index (χ4v) is 1.36. The van der Waals surface area contributed by atoms with Crippen LogP contribution in [0.4, 0.5) is 0 Å². The molecule has 0 atom stereocenters. The topological polar surface area (TPSA) is 43.1 Å². The van der Waals surface area contributed by atoms with Gasteiger partial charge in [0.1, 0.15) is 5.76 Å². The molecule has 0 bridgehead atoms. The number of hydrogen-bond acceptors (Lipinski definition) is 3. The van der Waals surface area contributed by atoms with Gasteiger partial charge in [0, 0.05) is 18.8 Å². The van der Waals surface area contributed by atoms with E-state index in [1.54, 1.807) is 24.5 Å². The van der Waals surface area contributed by atoms with Gasteiger partial charge >= 0.3 is 0 Å². The number of furan rings is 1. The van der Waals surface area contributed by atoms with E-state index in [1.807, 2.05) is 19.1 Å². The molecule has 0 unspecified atom stereocenters. The van der Waals surface area contributed by atoms with Crippen LogP contribution in [0, 0.1) is 6.92 Å². The molecule has 0 amide bonds. The molecule has 0 aliphatic rings. The lowest BCUT2D eigenvalue weighted by molar-refractivity contribution is 0.0965. The van der Waals surface area contributed by atoms with E-state index in [0.717, 1.165) is 11.3 Å². The molecule has 0 radical (unpaired) electrons. The van der Waals surface area contributed by atoms with E-state index in [0.29, 0.717) is 12.2 Å². The molecule has 2 heterocycles. The fraction of sp³-hybridized carbons (Fsp3) is 0.167. The van der Waals surface area contributed by atoms with E-state index < -0.39 is 0 Å². The number of pyridine rings is 1. The maximum atomic E-state index is 11.7. The molecule has 2 rings (SSSR count). The van der Waals surface area contributed by atoms with Gasteiger partial charge in [-0.05, 0) is 36.8 Å². The lowest BCUT2D eigenvalue weighted by Crippen LogP contribution is -2.01. The minimum absolute atomic E-state index is 0.00528. The lowest BCUT2D eigenvalue weighted by atomic mass is 10.1. The number of carbonyl (C=O) groups is 1. The molecule has 15 heavy (non-hydrogen) atoms. The standard InChI is InChI=1S/C12H11NO2/c1-9-2-3-12(15-9)11(14)8-10-4-6-13-7-5-10/h2-7H,8H2,1H3. The summed E-state index contributed by atoms with van der Waals surface area (Å²) in [5, 5.41) is 0. The van der Waals surface area contributed by atoms with E-state index in [2.05, 4.69) is 4.98 Å². The Labute approximate surface area is 87.8 Å². The molecular formula is C12H11NO2. The minimum atomic E-state index is -0.00528. The van der Waals surface area contributed by atoms with Crippen molar-refractivity contribution >= 4 is 5.78 Å². The molecule has 0 N–H and O–H groups in total. The van der Waals surface area contributed by atoms with Crippen molar-refractivity contribution in [2.75, 3.05) is 0 Å². The first-order chi connectivity index (χ1) is 7.25. The van der Waals surface area contributed by atoms with Gasteiger partial charge in [0.05, 0.1) is 0 Å². The first-order valence-corrected chi connectivity index (χ1v) is 4.74. The maximum Gasteiger partial charge on any atom is 0.202 e. The third-order valence-electron chi connectivity index (χ3n) is 2.13. The number of aryl methyl sites for hydroxylation is 1. The van der Waals surface area contributed by atoms with Crippen LogP contribution in [0.1, 0.15) is 21.9 Å². The molecule has 2 aromatic rings. The zero-order valence-electron chi connectivity index (χ0n) is 8.43. The molecule has 0 aromatic carbocycles. The monoisotopic (exact) mass is 201 g/mol. The van der Waals surface area contributed by atoms with Crippen molar-refractivity contribution in [1.82, 2.24) is 4.98 Å². The van der Waals surface area contributed by atoms with Gasteiger partial charge in [-0.1, -0.05) is 0 Å². The van der Waals surface area contributed by atoms with Gasteiger partial charge in [0.2, 0.25) is 5.78 Å². The Morgan fingerprint density at radius 1 is 1.27 bits per heavy atom. The first-order valence-electron chi connectivity index (χ1n) is 4.74. The van der Waals surface area contributed by atoms with Crippen LogP contribution in [0.25, 0.3) is 0 Å². The molecule has 0 saturated carbocycles. The van der Waals surface area contributed by atoms with Gasteiger partial charge in [-0.15, -0.1) is 0 Å². The smallest absolute Gasteiger partial charge is 0.202 e. The minimum Gasteiger partial charge on any atom is -0.458 e. The summed E-state index contributed by atoms with van der Waals surface area (Å²) in [6.45, 7) is 1.82. The Kier molecular flexibility index (Phi) is 2.63. The number of rotatable bonds is 3. The second-order valence-electron chi connectivity index (χ2n) is 3.37. The predicted octanol–water partition coefficient (Wildman–Crippen LogP) is 2.41. The van der Waals surface area contributed by atoms with Gasteiger partial charge in [-0.2, -0.15) is 0 Å². The predicted molar refractivity (Wildman–Crippen MR) is 55.7 cm³/mol. The number of hydrogen-bond donors (Lipinski definition) is 0. The van der Waals surface area contributed by atoms with E-state index in [-0.39, 0.29) is 5.78 Å². The summed E-state index contributed by atoms with van der Waals surface area (Å²) in [4.78, 5) is 15.6. The van der Waals surface area contributed by atoms with Crippen LogP contribution in [0.5, 0.6) is 0 Å². The molecule has 0 aliphatic heterocycles. The second-order valence-corrected chi connectivity index (χ2v) is 3.37. The molecular weight excluding hydrogens is 190 g/mol. The summed E-state index contributed by atoms with van der Waals surface area (Å²) >= 11 is 0. The Bertz CT molecular complexity index is 459. The van der Waals surface area contributed by atoms with E-state index in [1.165, 1.54) is 0 Å². The molecule has 2 aromatic heterocycles. The average molecular weight is 201 g/mol. The Balaban J connectivity index is 2.11. The van der Waals surface area contributed by atoms with Crippen LogP contribution < -0.4 is 0 Å². The molecule has 0 spiro atoms. The quantitative estimate of drug-likeness (QED) is 0.716. The largest absolute Gasteiger partial charge is 0.458 e. The summed E-state index contributed by atoms with van der Waals surface area (Å²) in [6, 6.07) is 7.15. The highest BCUT2D eigenvalue weighted by Crippen LogP contribution is 2.10. The highest BCUT2D eigenvalue weighted by atomic mass is 16.3. The van der Waals surface area contributed by atoms with Crippen LogP contribution in [0.3, 0.4) is 0 Å². The van der Waals surface area contributed by atoms with Crippen LogP contribution in [0.15, 0.2) is 41.1 Å². The fourth-order valence-electron chi connectivity index (χ4n) is 1.36. The first kappa shape index (κ1) is 9.65. The molecule has 0 aliphatic carbocycles. The number of ketones is 1. The van der Waals surface area contributed by atoms with Crippen LogP contribution >= 0.6 is 0 Å². The van der Waals surface area contributed by atoms with E-state index in [4.69, 9.17) is 4.42 Å². The zero-order valence-corrected chi connectivity index (χ0v) is 8.43. The van der Waals surface area contributed by atoms with Crippen molar-refractivity contribution in [3.8, 4) is 0 Å². The Morgan fingerprint density at radius 2 is 2.00 bits per heavy atom. The molecule has 76 valence electrons. The molecule has 3 heteroatoms. The van der Waals surface area contributed by atoms with Gasteiger partial charge < -0.3 is 4.42 Å². The Morgan fingerprint density at radius 3 is 2.60 bits per heavy atom. The van der Waals surface area contributed by atoms with Gasteiger partial charge in [-0.25, -0.2) is 0 Å². The van der Waals surface area contributed by atoms with Gasteiger partial charge in [0.15, 0.2) is 5.76 Å². The van der Waals surface area contributed by atoms with Crippen molar-refractivity contribution in [3.63, 3.8) is 0 Å². The van der Waals surface area contributed by atoms with Crippen molar-refractivity contribution < 1.29 is 9.21 Å². The maximum absolute atomic E-state index is 11.7. The SMILES string of the molecule is Cc1ccc(C(=O)Cc2ccncc2)o1. The number of Topliss-reactive ketones (excluding diaryl/α,β-unsaturated/α-hetero) is 1. The number of aromatic nitrogens is 1. The van der Waals surface area contributed by atoms with Crippen LogP contribution in [-0.4, -0.2) is 10.8 Å². The van der Waals surface area contributed by atoms with E-state index >= 15 is 0 Å². The lowest BCUT2D eigenvalue weighted by Gasteiger charge is -1.97. The van der Waals surface area contributed by atoms with Crippen molar-refractivity contribution in [2.45, 2.75) is 13.3 Å².